The average Bonchev–Trinajstić information content (AvgIpc) is 2.42. The first-order valence-electron chi connectivity index (χ1n) is 6.25. The molecule has 1 aromatic rings. The summed E-state index contributed by atoms with van der Waals surface area (Å²) >= 11 is 1.91. The lowest BCUT2D eigenvalue weighted by Gasteiger charge is -2.28. The van der Waals surface area contributed by atoms with E-state index in [0.29, 0.717) is 16.4 Å². The van der Waals surface area contributed by atoms with Crippen molar-refractivity contribution in [3.05, 3.63) is 31.4 Å². The Hall–Kier alpha value is -1.40. The van der Waals surface area contributed by atoms with Gasteiger partial charge < -0.3 is 9.84 Å². The number of nitrogens with zero attached hydrogens (tertiary/aromatic N) is 2. The number of rotatable bonds is 3. The number of benzene rings is 1. The molecule has 0 saturated heterocycles. The molecule has 2 atom stereocenters. The minimum atomic E-state index is -0.602. The summed E-state index contributed by atoms with van der Waals surface area (Å²) in [4.78, 5) is 10.6. The Bertz CT molecular complexity index is 570. The summed E-state index contributed by atoms with van der Waals surface area (Å²) in [6, 6.07) is 4.63. The van der Waals surface area contributed by atoms with Crippen LogP contribution in [0.15, 0.2) is 12.1 Å². The van der Waals surface area contributed by atoms with Gasteiger partial charge in [0.2, 0.25) is 5.75 Å². The van der Waals surface area contributed by atoms with E-state index in [4.69, 9.17) is 10.00 Å². The van der Waals surface area contributed by atoms with Crippen LogP contribution in [0.4, 0.5) is 5.69 Å². The van der Waals surface area contributed by atoms with E-state index < -0.39 is 17.1 Å². The molecule has 6 nitrogen and oxygen atoms in total. The number of aliphatic hydroxyl groups is 1. The highest BCUT2D eigenvalue weighted by molar-refractivity contribution is 14.1. The van der Waals surface area contributed by atoms with E-state index in [0.717, 1.165) is 12.8 Å². The van der Waals surface area contributed by atoms with Crippen LogP contribution in [0.5, 0.6) is 5.75 Å². The molecule has 20 heavy (non-hydrogen) atoms. The van der Waals surface area contributed by atoms with Gasteiger partial charge in [0.05, 0.1) is 26.2 Å². The molecule has 0 aromatic heterocycles. The van der Waals surface area contributed by atoms with Crippen molar-refractivity contribution in [1.82, 2.24) is 0 Å². The van der Waals surface area contributed by atoms with Gasteiger partial charge in [-0.1, -0.05) is 6.42 Å². The molecule has 0 radical (unpaired) electrons. The molecule has 0 amide bonds. The van der Waals surface area contributed by atoms with Gasteiger partial charge in [0.25, 0.3) is 0 Å². The molecule has 106 valence electrons. The van der Waals surface area contributed by atoms with Crippen molar-refractivity contribution < 1.29 is 14.8 Å². The molecule has 0 aliphatic heterocycles. The monoisotopic (exact) mass is 388 g/mol. The van der Waals surface area contributed by atoms with Crippen LogP contribution in [-0.4, -0.2) is 22.2 Å². The van der Waals surface area contributed by atoms with Crippen molar-refractivity contribution in [3.63, 3.8) is 0 Å². The van der Waals surface area contributed by atoms with E-state index in [9.17, 15) is 15.2 Å². The largest absolute Gasteiger partial charge is 0.480 e. The number of nitro groups is 1. The Labute approximate surface area is 129 Å². The van der Waals surface area contributed by atoms with Crippen molar-refractivity contribution in [3.8, 4) is 11.8 Å². The molecule has 0 bridgehead atoms. The summed E-state index contributed by atoms with van der Waals surface area (Å²) in [6.07, 6.45) is 2.16. The second kappa shape index (κ2) is 6.37. The molecular formula is C13H13IN2O4. The van der Waals surface area contributed by atoms with Crippen LogP contribution in [-0.2, 0) is 0 Å². The smallest absolute Gasteiger partial charge is 0.313 e. The van der Waals surface area contributed by atoms with E-state index in [1.807, 2.05) is 28.7 Å². The lowest BCUT2D eigenvalue weighted by Crippen LogP contribution is -2.35. The maximum Gasteiger partial charge on any atom is 0.313 e. The maximum absolute atomic E-state index is 11.1. The first kappa shape index (κ1) is 15.0. The Balaban J connectivity index is 2.35. The normalized spacial score (nSPS) is 22.1. The van der Waals surface area contributed by atoms with Crippen molar-refractivity contribution in [1.29, 1.82) is 5.26 Å². The minimum Gasteiger partial charge on any atom is -0.480 e. The molecule has 1 fully saturated rings. The summed E-state index contributed by atoms with van der Waals surface area (Å²) in [5, 5.41) is 29.9. The first-order chi connectivity index (χ1) is 9.52. The van der Waals surface area contributed by atoms with Gasteiger partial charge in [0.1, 0.15) is 6.10 Å². The van der Waals surface area contributed by atoms with Crippen molar-refractivity contribution in [2.45, 2.75) is 37.9 Å². The zero-order valence-electron chi connectivity index (χ0n) is 10.6. The van der Waals surface area contributed by atoms with E-state index in [-0.39, 0.29) is 17.0 Å². The third-order valence-corrected chi connectivity index (χ3v) is 4.09. The van der Waals surface area contributed by atoms with Crippen molar-refractivity contribution in [2.24, 2.45) is 0 Å². The van der Waals surface area contributed by atoms with Gasteiger partial charge in [-0.15, -0.1) is 0 Å². The highest BCUT2D eigenvalue weighted by Gasteiger charge is 2.29. The number of nitriles is 1. The van der Waals surface area contributed by atoms with E-state index in [2.05, 4.69) is 0 Å². The molecule has 1 saturated carbocycles. The SMILES string of the molecule is N#Cc1cc(I)c(O[C@@H]2CCCC[C@H]2O)c([N+](=O)[O-])c1. The molecular weight excluding hydrogens is 375 g/mol. The zero-order valence-corrected chi connectivity index (χ0v) is 12.7. The molecule has 7 heteroatoms. The van der Waals surface area contributed by atoms with Gasteiger partial charge in [-0.05, 0) is 47.9 Å². The van der Waals surface area contributed by atoms with E-state index >= 15 is 0 Å². The van der Waals surface area contributed by atoms with Crippen molar-refractivity contribution in [2.75, 3.05) is 0 Å². The lowest BCUT2D eigenvalue weighted by molar-refractivity contribution is -0.386. The molecule has 0 spiro atoms. The van der Waals surface area contributed by atoms with Crippen LogP contribution in [0.3, 0.4) is 0 Å². The van der Waals surface area contributed by atoms with Gasteiger partial charge in [-0.25, -0.2) is 0 Å². The number of halogens is 1. The van der Waals surface area contributed by atoms with E-state index in [1.54, 1.807) is 0 Å². The third kappa shape index (κ3) is 3.19. The highest BCUT2D eigenvalue weighted by atomic mass is 127. The summed E-state index contributed by atoms with van der Waals surface area (Å²) in [5.41, 5.74) is -0.0103. The summed E-state index contributed by atoms with van der Waals surface area (Å²) in [7, 11) is 0. The number of hydrogen-bond acceptors (Lipinski definition) is 5. The Morgan fingerprint density at radius 2 is 2.15 bits per heavy atom. The fraction of sp³-hybridized carbons (Fsp3) is 0.462. The predicted molar refractivity (Wildman–Crippen MR) is 79.4 cm³/mol. The summed E-state index contributed by atoms with van der Waals surface area (Å²) in [6.45, 7) is 0. The highest BCUT2D eigenvalue weighted by Crippen LogP contribution is 2.36. The van der Waals surface area contributed by atoms with Crippen LogP contribution < -0.4 is 4.74 Å². The molecule has 1 aliphatic rings. The molecule has 0 heterocycles. The van der Waals surface area contributed by atoms with Crippen molar-refractivity contribution >= 4 is 28.3 Å². The van der Waals surface area contributed by atoms with Gasteiger partial charge in [-0.2, -0.15) is 5.26 Å². The van der Waals surface area contributed by atoms with Crippen LogP contribution in [0.1, 0.15) is 31.2 Å². The van der Waals surface area contributed by atoms with Gasteiger partial charge >= 0.3 is 5.69 Å². The predicted octanol–water partition coefficient (Wildman–Crippen LogP) is 2.75. The van der Waals surface area contributed by atoms with Gasteiger partial charge in [0.15, 0.2) is 0 Å². The topological polar surface area (TPSA) is 96.4 Å². The second-order valence-electron chi connectivity index (χ2n) is 4.68. The first-order valence-corrected chi connectivity index (χ1v) is 7.33. The lowest BCUT2D eigenvalue weighted by atomic mass is 9.95. The number of nitro benzene ring substituents is 1. The quantitative estimate of drug-likeness (QED) is 0.488. The summed E-state index contributed by atoms with van der Waals surface area (Å²) < 4.78 is 6.19. The van der Waals surface area contributed by atoms with Crippen LogP contribution in [0, 0.1) is 25.0 Å². The zero-order chi connectivity index (χ0) is 14.7. The fourth-order valence-electron chi connectivity index (χ4n) is 2.26. The Morgan fingerprint density at radius 3 is 2.75 bits per heavy atom. The minimum absolute atomic E-state index is 0.139. The third-order valence-electron chi connectivity index (χ3n) is 3.29. The number of ether oxygens (including phenoxy) is 1. The van der Waals surface area contributed by atoms with E-state index in [1.165, 1.54) is 12.1 Å². The molecule has 1 aliphatic carbocycles. The maximum atomic E-state index is 11.1. The summed E-state index contributed by atoms with van der Waals surface area (Å²) in [5.74, 6) is 0.139. The molecule has 1 N–H and O–H groups in total. The Kier molecular flexibility index (Phi) is 4.77. The van der Waals surface area contributed by atoms with Crippen LogP contribution in [0.2, 0.25) is 0 Å². The van der Waals surface area contributed by atoms with Gasteiger partial charge in [-0.3, -0.25) is 10.1 Å². The fourth-order valence-corrected chi connectivity index (χ4v) is 3.00. The van der Waals surface area contributed by atoms with Crippen LogP contribution in [0.25, 0.3) is 0 Å². The number of hydrogen-bond donors (Lipinski definition) is 1. The second-order valence-corrected chi connectivity index (χ2v) is 5.85. The van der Waals surface area contributed by atoms with Crippen LogP contribution >= 0.6 is 22.6 Å². The Morgan fingerprint density at radius 1 is 1.45 bits per heavy atom. The average molecular weight is 388 g/mol. The standard InChI is InChI=1S/C13H13IN2O4/c14-9-5-8(7-15)6-10(16(18)19)13(9)20-12-4-2-1-3-11(12)17/h5-6,11-12,17H,1-4H2/t11-,12-/m1/s1. The van der Waals surface area contributed by atoms with Gasteiger partial charge in [0, 0.05) is 6.07 Å². The molecule has 0 unspecified atom stereocenters. The number of aliphatic hydroxyl groups excluding tert-OH is 1. The molecule has 1 aromatic carbocycles. The molecule has 2 rings (SSSR count).